The Morgan fingerprint density at radius 2 is 2.27 bits per heavy atom. The molecule has 1 aliphatic heterocycles. The minimum absolute atomic E-state index is 0.227. The fraction of sp³-hybridized carbons (Fsp3) is 0.562. The van der Waals surface area contributed by atoms with Crippen molar-refractivity contribution in [2.45, 2.75) is 43.9 Å². The van der Waals surface area contributed by atoms with Gasteiger partial charge in [0.1, 0.15) is 5.82 Å². The first-order valence-corrected chi connectivity index (χ1v) is 8.90. The maximum absolute atomic E-state index is 12.4. The van der Waals surface area contributed by atoms with Crippen LogP contribution >= 0.6 is 11.3 Å². The number of thiophene rings is 1. The van der Waals surface area contributed by atoms with Crippen molar-refractivity contribution in [2.75, 3.05) is 13.1 Å². The Morgan fingerprint density at radius 1 is 1.36 bits per heavy atom. The maximum Gasteiger partial charge on any atom is 0.227 e. The number of likely N-dealkylation sites (tertiary alicyclic amines) is 1. The average Bonchev–Trinajstić information content (AvgIpc) is 3.06. The van der Waals surface area contributed by atoms with Crippen LogP contribution in [-0.2, 0) is 11.2 Å². The van der Waals surface area contributed by atoms with Crippen molar-refractivity contribution >= 4 is 17.2 Å². The molecule has 1 atom stereocenters. The number of rotatable bonds is 4. The minimum atomic E-state index is 0.227. The maximum atomic E-state index is 12.4. The van der Waals surface area contributed by atoms with Crippen LogP contribution in [0.1, 0.15) is 54.0 Å². The molecule has 1 saturated carbocycles. The predicted octanol–water partition coefficient (Wildman–Crippen LogP) is 2.69. The van der Waals surface area contributed by atoms with Crippen molar-refractivity contribution in [3.63, 3.8) is 0 Å². The molecule has 1 aliphatic carbocycles. The van der Waals surface area contributed by atoms with E-state index in [0.29, 0.717) is 12.3 Å². The van der Waals surface area contributed by atoms with Gasteiger partial charge >= 0.3 is 0 Å². The molecule has 22 heavy (non-hydrogen) atoms. The van der Waals surface area contributed by atoms with E-state index in [4.69, 9.17) is 0 Å². The van der Waals surface area contributed by atoms with Crippen molar-refractivity contribution < 1.29 is 4.79 Å². The van der Waals surface area contributed by atoms with Gasteiger partial charge in [-0.3, -0.25) is 9.89 Å². The molecular weight excluding hydrogens is 296 g/mol. The zero-order valence-electron chi connectivity index (χ0n) is 12.5. The molecule has 1 N–H and O–H groups in total. The SMILES string of the molecule is O=C(Cc1cccs1)N1CCCC(c2n[nH]c(C3CC3)n2)C1. The van der Waals surface area contributed by atoms with E-state index in [9.17, 15) is 4.79 Å². The highest BCUT2D eigenvalue weighted by atomic mass is 32.1. The lowest BCUT2D eigenvalue weighted by molar-refractivity contribution is -0.131. The van der Waals surface area contributed by atoms with Crippen molar-refractivity contribution in [2.24, 2.45) is 0 Å². The Hall–Kier alpha value is -1.69. The number of aromatic nitrogens is 3. The van der Waals surface area contributed by atoms with E-state index < -0.39 is 0 Å². The van der Waals surface area contributed by atoms with Crippen LogP contribution in [0.5, 0.6) is 0 Å². The second kappa shape index (κ2) is 5.83. The summed E-state index contributed by atoms with van der Waals surface area (Å²) in [4.78, 5) is 20.2. The van der Waals surface area contributed by atoms with Gasteiger partial charge in [0.05, 0.1) is 6.42 Å². The van der Waals surface area contributed by atoms with E-state index in [2.05, 4.69) is 15.2 Å². The number of aromatic amines is 1. The van der Waals surface area contributed by atoms with Crippen molar-refractivity contribution in [1.82, 2.24) is 20.1 Å². The van der Waals surface area contributed by atoms with Gasteiger partial charge in [-0.15, -0.1) is 11.3 Å². The molecule has 3 heterocycles. The summed E-state index contributed by atoms with van der Waals surface area (Å²) in [7, 11) is 0. The second-order valence-electron chi connectivity index (χ2n) is 6.29. The van der Waals surface area contributed by atoms with Gasteiger partial charge in [0.15, 0.2) is 5.82 Å². The van der Waals surface area contributed by atoms with Crippen LogP contribution in [0.3, 0.4) is 0 Å². The summed E-state index contributed by atoms with van der Waals surface area (Å²) in [5, 5.41) is 9.50. The Morgan fingerprint density at radius 3 is 3.05 bits per heavy atom. The largest absolute Gasteiger partial charge is 0.342 e. The first-order chi connectivity index (χ1) is 10.8. The first kappa shape index (κ1) is 13.9. The molecule has 4 rings (SSSR count). The van der Waals surface area contributed by atoms with Crippen molar-refractivity contribution in [3.05, 3.63) is 34.0 Å². The number of hydrogen-bond acceptors (Lipinski definition) is 4. The molecule has 1 saturated heterocycles. The van der Waals surface area contributed by atoms with Gasteiger partial charge < -0.3 is 4.90 Å². The lowest BCUT2D eigenvalue weighted by Gasteiger charge is -2.31. The van der Waals surface area contributed by atoms with Crippen molar-refractivity contribution in [1.29, 1.82) is 0 Å². The van der Waals surface area contributed by atoms with Crippen LogP contribution in [0, 0.1) is 0 Å². The van der Waals surface area contributed by atoms with Crippen molar-refractivity contribution in [3.8, 4) is 0 Å². The zero-order chi connectivity index (χ0) is 14.9. The number of hydrogen-bond donors (Lipinski definition) is 1. The summed E-state index contributed by atoms with van der Waals surface area (Å²) >= 11 is 1.65. The molecule has 0 aromatic carbocycles. The van der Waals surface area contributed by atoms with Crippen LogP contribution < -0.4 is 0 Å². The predicted molar refractivity (Wildman–Crippen MR) is 84.9 cm³/mol. The number of H-pyrrole nitrogens is 1. The average molecular weight is 316 g/mol. The monoisotopic (exact) mass is 316 g/mol. The van der Waals surface area contributed by atoms with E-state index in [-0.39, 0.29) is 11.8 Å². The fourth-order valence-electron chi connectivity index (χ4n) is 3.10. The highest BCUT2D eigenvalue weighted by Crippen LogP contribution is 2.38. The normalized spacial score (nSPS) is 22.0. The van der Waals surface area contributed by atoms with Crippen LogP contribution in [0.25, 0.3) is 0 Å². The highest BCUT2D eigenvalue weighted by Gasteiger charge is 2.31. The van der Waals surface area contributed by atoms with Gasteiger partial charge in [0.2, 0.25) is 5.91 Å². The van der Waals surface area contributed by atoms with Crippen LogP contribution in [0.2, 0.25) is 0 Å². The molecular formula is C16H20N4OS. The molecule has 1 unspecified atom stereocenters. The summed E-state index contributed by atoms with van der Waals surface area (Å²) in [6, 6.07) is 4.03. The van der Waals surface area contributed by atoms with E-state index in [1.54, 1.807) is 11.3 Å². The lowest BCUT2D eigenvalue weighted by Crippen LogP contribution is -2.40. The van der Waals surface area contributed by atoms with Crippen LogP contribution in [0.4, 0.5) is 0 Å². The quantitative estimate of drug-likeness (QED) is 0.943. The third-order valence-corrected chi connectivity index (χ3v) is 5.41. The topological polar surface area (TPSA) is 61.9 Å². The molecule has 0 bridgehead atoms. The number of nitrogens with zero attached hydrogens (tertiary/aromatic N) is 3. The summed E-state index contributed by atoms with van der Waals surface area (Å²) in [6.07, 6.45) is 5.08. The van der Waals surface area contributed by atoms with E-state index in [0.717, 1.165) is 42.5 Å². The standard InChI is InChI=1S/C16H20N4OS/c21-14(9-13-4-2-8-22-13)20-7-1-3-12(10-20)16-17-15(18-19-16)11-5-6-11/h2,4,8,11-12H,1,3,5-7,9-10H2,(H,17,18,19). The van der Waals surface area contributed by atoms with E-state index >= 15 is 0 Å². The minimum Gasteiger partial charge on any atom is -0.342 e. The fourth-order valence-corrected chi connectivity index (χ4v) is 3.79. The number of nitrogens with one attached hydrogen (secondary N) is 1. The third kappa shape index (κ3) is 2.92. The highest BCUT2D eigenvalue weighted by molar-refractivity contribution is 7.10. The van der Waals surface area contributed by atoms with Gasteiger partial charge in [-0.2, -0.15) is 5.10 Å². The molecule has 1 amide bonds. The van der Waals surface area contributed by atoms with Gasteiger partial charge in [0.25, 0.3) is 0 Å². The molecule has 6 heteroatoms. The van der Waals surface area contributed by atoms with Gasteiger partial charge in [-0.05, 0) is 37.1 Å². The zero-order valence-corrected chi connectivity index (χ0v) is 13.3. The van der Waals surface area contributed by atoms with Gasteiger partial charge in [0, 0.05) is 29.8 Å². The number of carbonyl (C=O) groups is 1. The molecule has 0 radical (unpaired) electrons. The summed E-state index contributed by atoms with van der Waals surface area (Å²) < 4.78 is 0. The smallest absolute Gasteiger partial charge is 0.227 e. The number of carbonyl (C=O) groups excluding carboxylic acids is 1. The molecule has 0 spiro atoms. The summed E-state index contributed by atoms with van der Waals surface area (Å²) in [5.41, 5.74) is 0. The summed E-state index contributed by atoms with van der Waals surface area (Å²) in [5.74, 6) is 3.05. The molecule has 2 aromatic heterocycles. The molecule has 116 valence electrons. The van der Waals surface area contributed by atoms with Gasteiger partial charge in [-0.1, -0.05) is 6.07 Å². The number of piperidine rings is 1. The molecule has 5 nitrogen and oxygen atoms in total. The Labute approximate surface area is 133 Å². The Balaban J connectivity index is 1.41. The van der Waals surface area contributed by atoms with E-state index in [1.807, 2.05) is 22.4 Å². The third-order valence-electron chi connectivity index (χ3n) is 4.53. The number of amides is 1. The Bertz CT molecular complexity index is 647. The molecule has 2 fully saturated rings. The van der Waals surface area contributed by atoms with E-state index in [1.165, 1.54) is 12.8 Å². The Kier molecular flexibility index (Phi) is 3.70. The second-order valence-corrected chi connectivity index (χ2v) is 7.32. The molecule has 2 aliphatic rings. The van der Waals surface area contributed by atoms with Crippen LogP contribution in [0.15, 0.2) is 17.5 Å². The molecule has 2 aromatic rings. The van der Waals surface area contributed by atoms with Crippen LogP contribution in [-0.4, -0.2) is 39.1 Å². The lowest BCUT2D eigenvalue weighted by atomic mass is 9.97. The summed E-state index contributed by atoms with van der Waals surface area (Å²) in [6.45, 7) is 1.62. The van der Waals surface area contributed by atoms with Gasteiger partial charge in [-0.25, -0.2) is 4.98 Å². The first-order valence-electron chi connectivity index (χ1n) is 8.02.